The van der Waals surface area contributed by atoms with Gasteiger partial charge in [-0.15, -0.1) is 0 Å². The Morgan fingerprint density at radius 3 is 2.50 bits per heavy atom. The van der Waals surface area contributed by atoms with Crippen molar-refractivity contribution in [1.29, 1.82) is 0 Å². The number of Topliss-reactive ketones (excluding diaryl/α,β-unsaturated/α-hetero) is 1. The maximum atomic E-state index is 15.2. The molecule has 2 aliphatic rings. The van der Waals surface area contributed by atoms with Crippen molar-refractivity contribution in [3.8, 4) is 0 Å². The van der Waals surface area contributed by atoms with Gasteiger partial charge in [-0.2, -0.15) is 0 Å². The van der Waals surface area contributed by atoms with Crippen LogP contribution in [-0.2, 0) is 9.53 Å². The van der Waals surface area contributed by atoms with E-state index < -0.39 is 29.1 Å². The van der Waals surface area contributed by atoms with Gasteiger partial charge in [0.15, 0.2) is 6.17 Å². The van der Waals surface area contributed by atoms with E-state index in [0.29, 0.717) is 43.1 Å². The molecule has 2 aliphatic heterocycles. The highest BCUT2D eigenvalue weighted by Crippen LogP contribution is 2.40. The van der Waals surface area contributed by atoms with Gasteiger partial charge in [0.05, 0.1) is 6.10 Å². The van der Waals surface area contributed by atoms with Crippen LogP contribution in [0.15, 0.2) is 72.8 Å². The number of ether oxygens (including phenoxy) is 1. The summed E-state index contributed by atoms with van der Waals surface area (Å²) in [6, 6.07) is 17.8. The number of nitrogens with one attached hydrogen (secondary N) is 1. The molecule has 1 N–H and O–H groups in total. The standard InChI is InChI=1S/C31H29ClF2N2O4/c32-24-10-8-20(9-11-24)28(37)29(38)35-18-31-13-3-15-40-26(31)12-14-36(19-31)30(39)23-6-1-4-21(16-23)27(34)22-5-2-7-25(33)17-22/h1-2,4-11,16-17,26-27H,3,12-15,18-19H2,(H,35,38)/t26-,27?,31-/m1/s1. The Balaban J connectivity index is 1.30. The van der Waals surface area contributed by atoms with Crippen molar-refractivity contribution >= 4 is 29.2 Å². The third kappa shape index (κ3) is 5.93. The lowest BCUT2D eigenvalue weighted by atomic mass is 9.72. The van der Waals surface area contributed by atoms with Crippen molar-refractivity contribution in [2.75, 3.05) is 26.2 Å². The molecule has 0 aromatic heterocycles. The highest BCUT2D eigenvalue weighted by Gasteiger charge is 2.47. The molecule has 1 unspecified atom stereocenters. The molecule has 2 saturated heterocycles. The first-order valence-electron chi connectivity index (χ1n) is 13.2. The second-order valence-corrected chi connectivity index (χ2v) is 10.8. The predicted molar refractivity (Wildman–Crippen MR) is 147 cm³/mol. The lowest BCUT2D eigenvalue weighted by molar-refractivity contribution is -0.127. The van der Waals surface area contributed by atoms with Gasteiger partial charge >= 0.3 is 0 Å². The largest absolute Gasteiger partial charge is 0.377 e. The quantitative estimate of drug-likeness (QED) is 0.301. The first kappa shape index (κ1) is 27.9. The first-order chi connectivity index (χ1) is 19.3. The van der Waals surface area contributed by atoms with Crippen LogP contribution in [0.2, 0.25) is 5.02 Å². The number of rotatable bonds is 7. The van der Waals surface area contributed by atoms with Gasteiger partial charge in [-0.25, -0.2) is 8.78 Å². The number of hydrogen-bond acceptors (Lipinski definition) is 4. The molecule has 2 heterocycles. The molecule has 3 aromatic carbocycles. The molecule has 0 bridgehead atoms. The molecule has 0 spiro atoms. The Hall–Kier alpha value is -3.62. The number of fused-ring (bicyclic) bond motifs is 1. The van der Waals surface area contributed by atoms with Gasteiger partial charge in [0.25, 0.3) is 11.8 Å². The summed E-state index contributed by atoms with van der Waals surface area (Å²) in [7, 11) is 0. The van der Waals surface area contributed by atoms with E-state index in [4.69, 9.17) is 16.3 Å². The number of hydrogen-bond donors (Lipinski definition) is 1. The molecule has 3 aromatic rings. The topological polar surface area (TPSA) is 75.7 Å². The zero-order valence-electron chi connectivity index (χ0n) is 21.7. The normalized spacial score (nSPS) is 21.3. The number of carbonyl (C=O) groups excluding carboxylic acids is 3. The number of halogens is 3. The fraction of sp³-hybridized carbons (Fsp3) is 0.323. The molecule has 5 rings (SSSR count). The van der Waals surface area contributed by atoms with Crippen LogP contribution < -0.4 is 5.32 Å². The Bertz CT molecular complexity index is 1420. The number of carbonyl (C=O) groups is 3. The number of piperidine rings is 1. The van der Waals surface area contributed by atoms with Gasteiger partial charge in [0.2, 0.25) is 5.78 Å². The number of likely N-dealkylation sites (tertiary alicyclic amines) is 1. The highest BCUT2D eigenvalue weighted by atomic mass is 35.5. The monoisotopic (exact) mass is 566 g/mol. The summed E-state index contributed by atoms with van der Waals surface area (Å²) in [4.78, 5) is 40.7. The van der Waals surface area contributed by atoms with Crippen molar-refractivity contribution < 1.29 is 27.9 Å². The lowest BCUT2D eigenvalue weighted by Gasteiger charge is -2.50. The summed E-state index contributed by atoms with van der Waals surface area (Å²) >= 11 is 5.89. The Kier molecular flexibility index (Phi) is 8.28. The molecule has 40 heavy (non-hydrogen) atoms. The van der Waals surface area contributed by atoms with E-state index >= 15 is 4.39 Å². The Morgan fingerprint density at radius 2 is 1.75 bits per heavy atom. The lowest BCUT2D eigenvalue weighted by Crippen LogP contribution is -2.60. The van der Waals surface area contributed by atoms with Crippen molar-refractivity contribution in [3.05, 3.63) is 106 Å². The minimum Gasteiger partial charge on any atom is -0.377 e. The minimum absolute atomic E-state index is 0.172. The zero-order chi connectivity index (χ0) is 28.3. The van der Waals surface area contributed by atoms with Crippen LogP contribution >= 0.6 is 11.6 Å². The predicted octanol–water partition coefficient (Wildman–Crippen LogP) is 5.55. The summed E-state index contributed by atoms with van der Waals surface area (Å²) in [5.41, 5.74) is 0.427. The minimum atomic E-state index is -1.58. The molecule has 9 heteroatoms. The maximum Gasteiger partial charge on any atom is 0.292 e. The number of ketones is 1. The maximum absolute atomic E-state index is 15.2. The zero-order valence-corrected chi connectivity index (χ0v) is 22.5. The molecule has 208 valence electrons. The van der Waals surface area contributed by atoms with Gasteiger partial charge in [0.1, 0.15) is 5.82 Å². The molecule has 0 aliphatic carbocycles. The summed E-state index contributed by atoms with van der Waals surface area (Å²) in [6.07, 6.45) is 0.280. The van der Waals surface area contributed by atoms with E-state index in [-0.39, 0.29) is 35.2 Å². The number of nitrogens with zero attached hydrogens (tertiary/aromatic N) is 1. The number of benzene rings is 3. The first-order valence-corrected chi connectivity index (χ1v) is 13.6. The van der Waals surface area contributed by atoms with Gasteiger partial charge in [-0.05, 0) is 78.9 Å². The van der Waals surface area contributed by atoms with Crippen molar-refractivity contribution in [2.45, 2.75) is 31.5 Å². The highest BCUT2D eigenvalue weighted by molar-refractivity contribution is 6.43. The van der Waals surface area contributed by atoms with Crippen LogP contribution in [0.25, 0.3) is 0 Å². The fourth-order valence-electron chi connectivity index (χ4n) is 5.66. The van der Waals surface area contributed by atoms with Crippen molar-refractivity contribution in [3.63, 3.8) is 0 Å². The number of amides is 2. The Labute approximate surface area is 236 Å². The molecule has 0 saturated carbocycles. The van der Waals surface area contributed by atoms with Crippen LogP contribution in [0, 0.1) is 11.2 Å². The van der Waals surface area contributed by atoms with Crippen LogP contribution in [0.1, 0.15) is 57.3 Å². The van der Waals surface area contributed by atoms with Gasteiger partial charge < -0.3 is 15.0 Å². The molecular formula is C31H29ClF2N2O4. The van der Waals surface area contributed by atoms with E-state index in [1.807, 2.05) is 0 Å². The third-order valence-corrected chi connectivity index (χ3v) is 8.01. The van der Waals surface area contributed by atoms with E-state index in [9.17, 15) is 18.8 Å². The van der Waals surface area contributed by atoms with E-state index in [1.54, 1.807) is 35.2 Å². The smallest absolute Gasteiger partial charge is 0.292 e. The van der Waals surface area contributed by atoms with E-state index in [0.717, 1.165) is 12.5 Å². The van der Waals surface area contributed by atoms with Crippen LogP contribution in [0.3, 0.4) is 0 Å². The third-order valence-electron chi connectivity index (χ3n) is 7.76. The molecule has 6 nitrogen and oxygen atoms in total. The molecule has 3 atom stereocenters. The van der Waals surface area contributed by atoms with Gasteiger partial charge in [-0.1, -0.05) is 35.9 Å². The van der Waals surface area contributed by atoms with Gasteiger partial charge in [-0.3, -0.25) is 14.4 Å². The fourth-order valence-corrected chi connectivity index (χ4v) is 5.79. The molecule has 0 radical (unpaired) electrons. The second kappa shape index (κ2) is 11.9. The average molecular weight is 567 g/mol. The Morgan fingerprint density at radius 1 is 1.02 bits per heavy atom. The SMILES string of the molecule is O=C(NC[C@@]12CCCO[C@@H]1CCN(C(=O)c1cccc(C(F)c3cccc(F)c3)c1)C2)C(=O)c1ccc(Cl)cc1. The summed E-state index contributed by atoms with van der Waals surface area (Å²) in [6.45, 7) is 1.53. The van der Waals surface area contributed by atoms with E-state index in [2.05, 4.69) is 5.32 Å². The molecular weight excluding hydrogens is 538 g/mol. The molecule has 2 amide bonds. The van der Waals surface area contributed by atoms with Crippen molar-refractivity contribution in [1.82, 2.24) is 10.2 Å². The molecule has 2 fully saturated rings. The van der Waals surface area contributed by atoms with Crippen LogP contribution in [-0.4, -0.2) is 54.8 Å². The summed E-state index contributed by atoms with van der Waals surface area (Å²) < 4.78 is 34.9. The van der Waals surface area contributed by atoms with Crippen LogP contribution in [0.4, 0.5) is 8.78 Å². The number of alkyl halides is 1. The summed E-state index contributed by atoms with van der Waals surface area (Å²) in [5.74, 6) is -2.19. The van der Waals surface area contributed by atoms with Gasteiger partial charge in [0, 0.05) is 47.8 Å². The second-order valence-electron chi connectivity index (χ2n) is 10.4. The van der Waals surface area contributed by atoms with E-state index in [1.165, 1.54) is 36.4 Å². The van der Waals surface area contributed by atoms with Crippen molar-refractivity contribution in [2.24, 2.45) is 5.41 Å². The summed E-state index contributed by atoms with van der Waals surface area (Å²) in [5, 5.41) is 3.25. The van der Waals surface area contributed by atoms with Crippen LogP contribution in [0.5, 0.6) is 0 Å². The average Bonchev–Trinajstić information content (AvgIpc) is 2.99.